The molecule has 1 N–H and O–H groups in total. The number of aryl methyl sites for hydroxylation is 1. The summed E-state index contributed by atoms with van der Waals surface area (Å²) in [5.41, 5.74) is 1.79. The van der Waals surface area contributed by atoms with Crippen LogP contribution in [0.5, 0.6) is 5.75 Å². The summed E-state index contributed by atoms with van der Waals surface area (Å²) in [6.45, 7) is 2.66. The van der Waals surface area contributed by atoms with E-state index in [1.807, 2.05) is 23.3 Å². The molecule has 0 radical (unpaired) electrons. The van der Waals surface area contributed by atoms with Gasteiger partial charge < -0.3 is 9.84 Å². The van der Waals surface area contributed by atoms with Gasteiger partial charge >= 0.3 is 5.97 Å². The van der Waals surface area contributed by atoms with E-state index in [0.717, 1.165) is 16.9 Å². The van der Waals surface area contributed by atoms with Crippen molar-refractivity contribution >= 4 is 17.3 Å². The van der Waals surface area contributed by atoms with Crippen LogP contribution in [0.2, 0.25) is 0 Å². The fourth-order valence-electron chi connectivity index (χ4n) is 3.37. The summed E-state index contributed by atoms with van der Waals surface area (Å²) in [6.07, 6.45) is 1.42. The molecule has 1 aliphatic rings. The lowest BCUT2D eigenvalue weighted by molar-refractivity contribution is -0.142. The van der Waals surface area contributed by atoms with Gasteiger partial charge in [0.05, 0.1) is 13.2 Å². The molecule has 0 bridgehead atoms. The third kappa shape index (κ3) is 3.16. The minimum atomic E-state index is -0.832. The number of aliphatic carboxylic acids is 1. The zero-order valence-electron chi connectivity index (χ0n) is 13.7. The van der Waals surface area contributed by atoms with Gasteiger partial charge in [0.1, 0.15) is 17.6 Å². The fraction of sp³-hybridized carbons (Fsp3) is 0.389. The highest BCUT2D eigenvalue weighted by molar-refractivity contribution is 7.10. The molecular formula is C18H20FNO3S. The molecule has 4 nitrogen and oxygen atoms in total. The number of carbonyl (C=O) groups is 1. The second kappa shape index (κ2) is 6.91. The molecule has 0 amide bonds. The molecule has 2 unspecified atom stereocenters. The number of hydrogen-bond acceptors (Lipinski definition) is 4. The van der Waals surface area contributed by atoms with Crippen LogP contribution >= 0.6 is 11.3 Å². The lowest BCUT2D eigenvalue weighted by Crippen LogP contribution is -2.39. The predicted molar refractivity (Wildman–Crippen MR) is 91.2 cm³/mol. The predicted octanol–water partition coefficient (Wildman–Crippen LogP) is 3.84. The van der Waals surface area contributed by atoms with E-state index in [0.29, 0.717) is 24.3 Å². The summed E-state index contributed by atoms with van der Waals surface area (Å²) >= 11 is 1.57. The Kier molecular flexibility index (Phi) is 4.87. The molecule has 1 aliphatic heterocycles. The highest BCUT2D eigenvalue weighted by Gasteiger charge is 2.38. The number of carboxylic acid groups (broad SMARTS) is 1. The largest absolute Gasteiger partial charge is 0.496 e. The molecule has 1 saturated heterocycles. The molecular weight excluding hydrogens is 329 g/mol. The highest BCUT2D eigenvalue weighted by atomic mass is 32.1. The molecule has 24 heavy (non-hydrogen) atoms. The van der Waals surface area contributed by atoms with Crippen molar-refractivity contribution in [2.45, 2.75) is 31.8 Å². The van der Waals surface area contributed by atoms with Crippen molar-refractivity contribution in [2.75, 3.05) is 13.7 Å². The average molecular weight is 349 g/mol. The van der Waals surface area contributed by atoms with Gasteiger partial charge in [-0.15, -0.1) is 11.3 Å². The van der Waals surface area contributed by atoms with Crippen LogP contribution in [0.25, 0.3) is 0 Å². The summed E-state index contributed by atoms with van der Waals surface area (Å²) in [5, 5.41) is 11.6. The van der Waals surface area contributed by atoms with Crippen LogP contribution < -0.4 is 4.74 Å². The van der Waals surface area contributed by atoms with Crippen LogP contribution in [0.1, 0.15) is 34.9 Å². The van der Waals surface area contributed by atoms with Crippen LogP contribution in [-0.2, 0) is 4.79 Å². The highest BCUT2D eigenvalue weighted by Crippen LogP contribution is 2.41. The molecule has 0 aliphatic carbocycles. The smallest absolute Gasteiger partial charge is 0.320 e. The summed E-state index contributed by atoms with van der Waals surface area (Å²) in [6, 6.07) is 5.57. The van der Waals surface area contributed by atoms with Gasteiger partial charge in [-0.2, -0.15) is 0 Å². The van der Waals surface area contributed by atoms with E-state index in [1.165, 1.54) is 12.1 Å². The van der Waals surface area contributed by atoms with E-state index in [2.05, 4.69) is 0 Å². The maximum Gasteiger partial charge on any atom is 0.320 e. The van der Waals surface area contributed by atoms with Crippen LogP contribution in [0.4, 0.5) is 4.39 Å². The number of hydrogen-bond donors (Lipinski definition) is 1. The molecule has 2 atom stereocenters. The third-order valence-corrected chi connectivity index (χ3v) is 5.52. The Balaban J connectivity index is 2.13. The summed E-state index contributed by atoms with van der Waals surface area (Å²) in [7, 11) is 1.55. The second-order valence-electron chi connectivity index (χ2n) is 6.05. The number of benzene rings is 1. The monoisotopic (exact) mass is 349 g/mol. The normalized spacial score (nSPS) is 19.4. The number of thiophene rings is 1. The van der Waals surface area contributed by atoms with Gasteiger partial charge in [0, 0.05) is 17.0 Å². The molecule has 3 rings (SSSR count). The van der Waals surface area contributed by atoms with Gasteiger partial charge in [0.2, 0.25) is 0 Å². The van der Waals surface area contributed by atoms with E-state index in [-0.39, 0.29) is 11.9 Å². The molecule has 1 fully saturated rings. The first-order chi connectivity index (χ1) is 11.5. The molecule has 2 aromatic rings. The van der Waals surface area contributed by atoms with Crippen molar-refractivity contribution < 1.29 is 19.0 Å². The minimum absolute atomic E-state index is 0.321. The molecule has 1 aromatic carbocycles. The first-order valence-corrected chi connectivity index (χ1v) is 8.76. The molecule has 6 heteroatoms. The second-order valence-corrected chi connectivity index (χ2v) is 6.99. The average Bonchev–Trinajstić information content (AvgIpc) is 3.18. The maximum atomic E-state index is 13.9. The SMILES string of the molecule is COc1ccc(F)cc1C(c1cc(C)cs1)N1CCCC1C(=O)O. The Morgan fingerprint density at radius 2 is 2.25 bits per heavy atom. The standard InChI is InChI=1S/C18H20FNO3S/c1-11-8-16(24-10-11)17(20-7-3-4-14(20)18(21)22)13-9-12(19)5-6-15(13)23-2/h5-6,8-10,14,17H,3-4,7H2,1-2H3,(H,21,22). The molecule has 0 spiro atoms. The summed E-state index contributed by atoms with van der Waals surface area (Å²) < 4.78 is 19.3. The number of methoxy groups -OCH3 is 1. The zero-order chi connectivity index (χ0) is 17.3. The Bertz CT molecular complexity index is 746. The lowest BCUT2D eigenvalue weighted by atomic mass is 10.0. The van der Waals surface area contributed by atoms with Crippen LogP contribution in [0.3, 0.4) is 0 Å². The minimum Gasteiger partial charge on any atom is -0.496 e. The van der Waals surface area contributed by atoms with Crippen molar-refractivity contribution in [1.29, 1.82) is 0 Å². The van der Waals surface area contributed by atoms with Gasteiger partial charge in [0.15, 0.2) is 0 Å². The van der Waals surface area contributed by atoms with Crippen LogP contribution in [0, 0.1) is 12.7 Å². The molecule has 0 saturated carbocycles. The Morgan fingerprint density at radius 3 is 2.88 bits per heavy atom. The number of halogens is 1. The first-order valence-electron chi connectivity index (χ1n) is 7.88. The van der Waals surface area contributed by atoms with E-state index < -0.39 is 12.0 Å². The van der Waals surface area contributed by atoms with Gasteiger partial charge in [-0.1, -0.05) is 0 Å². The van der Waals surface area contributed by atoms with E-state index in [1.54, 1.807) is 24.5 Å². The van der Waals surface area contributed by atoms with Crippen molar-refractivity contribution in [1.82, 2.24) is 4.90 Å². The topological polar surface area (TPSA) is 49.8 Å². The van der Waals surface area contributed by atoms with Gasteiger partial charge in [0.25, 0.3) is 0 Å². The molecule has 128 valence electrons. The number of carboxylic acids is 1. The summed E-state index contributed by atoms with van der Waals surface area (Å²) in [5.74, 6) is -0.611. The molecule has 1 aromatic heterocycles. The number of ether oxygens (including phenoxy) is 1. The first kappa shape index (κ1) is 16.9. The van der Waals surface area contributed by atoms with Crippen molar-refractivity contribution in [3.63, 3.8) is 0 Å². The lowest BCUT2D eigenvalue weighted by Gasteiger charge is -2.31. The Morgan fingerprint density at radius 1 is 1.46 bits per heavy atom. The van der Waals surface area contributed by atoms with Crippen molar-refractivity contribution in [3.05, 3.63) is 51.5 Å². The zero-order valence-corrected chi connectivity index (χ0v) is 14.5. The van der Waals surface area contributed by atoms with E-state index in [9.17, 15) is 14.3 Å². The van der Waals surface area contributed by atoms with Gasteiger partial charge in [-0.3, -0.25) is 9.69 Å². The Labute approximate surface area is 144 Å². The quantitative estimate of drug-likeness (QED) is 0.891. The van der Waals surface area contributed by atoms with E-state index in [4.69, 9.17) is 4.74 Å². The van der Waals surface area contributed by atoms with Gasteiger partial charge in [-0.25, -0.2) is 4.39 Å². The number of likely N-dealkylation sites (tertiary alicyclic amines) is 1. The molecule has 2 heterocycles. The maximum absolute atomic E-state index is 13.9. The number of nitrogens with zero attached hydrogens (tertiary/aromatic N) is 1. The fourth-order valence-corrected chi connectivity index (χ4v) is 4.41. The van der Waals surface area contributed by atoms with Crippen LogP contribution in [0.15, 0.2) is 29.6 Å². The third-order valence-electron chi connectivity index (χ3n) is 4.42. The summed E-state index contributed by atoms with van der Waals surface area (Å²) in [4.78, 5) is 14.6. The van der Waals surface area contributed by atoms with Crippen molar-refractivity contribution in [3.8, 4) is 5.75 Å². The van der Waals surface area contributed by atoms with Crippen molar-refractivity contribution in [2.24, 2.45) is 0 Å². The van der Waals surface area contributed by atoms with Gasteiger partial charge in [-0.05, 0) is 55.0 Å². The Hall–Kier alpha value is -1.92. The number of rotatable bonds is 5. The van der Waals surface area contributed by atoms with E-state index >= 15 is 0 Å². The van der Waals surface area contributed by atoms with Crippen LogP contribution in [-0.4, -0.2) is 35.7 Å².